The van der Waals surface area contributed by atoms with Gasteiger partial charge < -0.3 is 26.6 Å². The monoisotopic (exact) mass is 451 g/mol. The van der Waals surface area contributed by atoms with Crippen LogP contribution in [0.3, 0.4) is 0 Å². The number of aromatic nitrogens is 2. The molecule has 5 N–H and O–H groups in total. The van der Waals surface area contributed by atoms with E-state index in [-0.39, 0.29) is 11.9 Å². The molecule has 0 bridgehead atoms. The van der Waals surface area contributed by atoms with Gasteiger partial charge in [0.2, 0.25) is 17.8 Å². The van der Waals surface area contributed by atoms with E-state index in [0.717, 1.165) is 36.5 Å². The number of hydrogen-bond acceptors (Lipinski definition) is 7. The fourth-order valence-electron chi connectivity index (χ4n) is 2.93. The van der Waals surface area contributed by atoms with Crippen molar-refractivity contribution in [1.82, 2.24) is 20.6 Å². The largest absolute Gasteiger partial charge is 0.366 e. The van der Waals surface area contributed by atoms with E-state index in [1.54, 1.807) is 37.5 Å². The minimum absolute atomic E-state index is 0.0188. The molecule has 0 aliphatic carbocycles. The summed E-state index contributed by atoms with van der Waals surface area (Å²) in [7, 11) is 3.73. The first kappa shape index (κ1) is 25.6. The lowest BCUT2D eigenvalue weighted by Crippen LogP contribution is -2.40. The predicted octanol–water partition coefficient (Wildman–Crippen LogP) is 2.02. The molecule has 9 heteroatoms. The lowest BCUT2D eigenvalue weighted by Gasteiger charge is -2.19. The van der Waals surface area contributed by atoms with Gasteiger partial charge in [0.1, 0.15) is 5.82 Å². The Hall–Kier alpha value is -3.64. The number of primary amides is 1. The molecule has 0 radical (unpaired) electrons. The molecule has 0 aliphatic heterocycles. The number of carbonyl (C=O) groups is 2. The summed E-state index contributed by atoms with van der Waals surface area (Å²) in [6.45, 7) is 5.33. The number of anilines is 3. The Morgan fingerprint density at radius 3 is 2.61 bits per heavy atom. The topological polar surface area (TPSA) is 125 Å². The Labute approximate surface area is 195 Å². The van der Waals surface area contributed by atoms with Crippen LogP contribution in [-0.2, 0) is 4.79 Å². The number of nitrogens with zero attached hydrogens (tertiary/aromatic N) is 3. The molecule has 1 aromatic heterocycles. The van der Waals surface area contributed by atoms with Crippen LogP contribution >= 0.6 is 0 Å². The van der Waals surface area contributed by atoms with Crippen LogP contribution < -0.4 is 26.6 Å². The van der Waals surface area contributed by atoms with Gasteiger partial charge in [-0.1, -0.05) is 18.8 Å². The maximum atomic E-state index is 11.8. The van der Waals surface area contributed by atoms with Gasteiger partial charge in [-0.3, -0.25) is 9.59 Å². The predicted molar refractivity (Wildman–Crippen MR) is 131 cm³/mol. The highest BCUT2D eigenvalue weighted by molar-refractivity contribution is 5.93. The second-order valence-corrected chi connectivity index (χ2v) is 7.63. The molecule has 1 heterocycles. The normalized spacial score (nSPS) is 11.2. The molecule has 0 unspecified atom stereocenters. The number of hydrogen-bond donors (Lipinski definition) is 4. The summed E-state index contributed by atoms with van der Waals surface area (Å²) < 4.78 is 0. The van der Waals surface area contributed by atoms with E-state index >= 15 is 0 Å². The molecule has 2 aromatic rings. The van der Waals surface area contributed by atoms with Crippen LogP contribution in [0, 0.1) is 11.8 Å². The third-order valence-electron chi connectivity index (χ3n) is 4.94. The van der Waals surface area contributed by atoms with Gasteiger partial charge in [-0.15, -0.1) is 0 Å². The maximum absolute atomic E-state index is 11.8. The molecule has 33 heavy (non-hydrogen) atoms. The Morgan fingerprint density at radius 2 is 1.97 bits per heavy atom. The first-order chi connectivity index (χ1) is 15.8. The molecule has 0 saturated heterocycles. The molecule has 2 amide bonds. The molecule has 1 atom stereocenters. The summed E-state index contributed by atoms with van der Waals surface area (Å²) in [5.41, 5.74) is 7.22. The van der Waals surface area contributed by atoms with Gasteiger partial charge in [0.15, 0.2) is 0 Å². The van der Waals surface area contributed by atoms with Gasteiger partial charge in [-0.05, 0) is 51.1 Å². The Balaban J connectivity index is 2.06. The van der Waals surface area contributed by atoms with Gasteiger partial charge in [-0.25, -0.2) is 4.98 Å². The van der Waals surface area contributed by atoms with Crippen molar-refractivity contribution < 1.29 is 9.59 Å². The van der Waals surface area contributed by atoms with Gasteiger partial charge in [0.05, 0.1) is 17.8 Å². The average Bonchev–Trinajstić information content (AvgIpc) is 2.81. The lowest BCUT2D eigenvalue weighted by molar-refractivity contribution is -0.122. The summed E-state index contributed by atoms with van der Waals surface area (Å²) in [4.78, 5) is 34.1. The number of rotatable bonds is 11. The number of carbonyl (C=O) groups excluding carboxylic acids is 2. The summed E-state index contributed by atoms with van der Waals surface area (Å²) in [5.74, 6) is 7.01. The van der Waals surface area contributed by atoms with Crippen molar-refractivity contribution in [2.45, 2.75) is 39.2 Å². The number of amides is 2. The quantitative estimate of drug-likeness (QED) is 0.304. The fraction of sp³-hybridized carbons (Fsp3) is 0.417. The van der Waals surface area contributed by atoms with Crippen LogP contribution in [0.2, 0.25) is 0 Å². The van der Waals surface area contributed by atoms with Crippen molar-refractivity contribution in [2.24, 2.45) is 5.73 Å². The average molecular weight is 452 g/mol. The smallest absolute Gasteiger partial charge is 0.248 e. The first-order valence-electron chi connectivity index (χ1n) is 11.0. The van der Waals surface area contributed by atoms with E-state index in [0.29, 0.717) is 24.5 Å². The van der Waals surface area contributed by atoms with E-state index < -0.39 is 5.91 Å². The van der Waals surface area contributed by atoms with E-state index in [4.69, 9.17) is 5.73 Å². The summed E-state index contributed by atoms with van der Waals surface area (Å²) in [6.07, 6.45) is 4.09. The van der Waals surface area contributed by atoms with Crippen LogP contribution in [0.15, 0.2) is 30.5 Å². The van der Waals surface area contributed by atoms with Gasteiger partial charge >= 0.3 is 0 Å². The molecule has 0 saturated carbocycles. The minimum atomic E-state index is -0.473. The van der Waals surface area contributed by atoms with Gasteiger partial charge in [-0.2, -0.15) is 4.98 Å². The maximum Gasteiger partial charge on any atom is 0.248 e. The van der Waals surface area contributed by atoms with Crippen LogP contribution in [0.25, 0.3) is 0 Å². The second-order valence-electron chi connectivity index (χ2n) is 7.63. The molecule has 9 nitrogen and oxygen atoms in total. The zero-order valence-corrected chi connectivity index (χ0v) is 19.7. The van der Waals surface area contributed by atoms with Gasteiger partial charge in [0.25, 0.3) is 0 Å². The number of benzene rings is 1. The van der Waals surface area contributed by atoms with Crippen molar-refractivity contribution in [2.75, 3.05) is 37.4 Å². The van der Waals surface area contributed by atoms with Gasteiger partial charge in [0, 0.05) is 37.8 Å². The molecule has 1 aromatic carbocycles. The number of nitrogens with one attached hydrogen (secondary N) is 3. The lowest BCUT2D eigenvalue weighted by atomic mass is 10.2. The fourth-order valence-corrected chi connectivity index (χ4v) is 2.93. The molecular weight excluding hydrogens is 418 g/mol. The highest BCUT2D eigenvalue weighted by Gasteiger charge is 2.11. The SMILES string of the molecule is CCCN(C)c1nc(Nc2ccc(C(N)=O)cc2)ncc1C#CCCCNC(=O)[C@H](C)NC. The minimum Gasteiger partial charge on any atom is -0.366 e. The van der Waals surface area contributed by atoms with Crippen molar-refractivity contribution in [3.63, 3.8) is 0 Å². The van der Waals surface area contributed by atoms with Crippen molar-refractivity contribution in [3.8, 4) is 11.8 Å². The molecule has 0 aliphatic rings. The highest BCUT2D eigenvalue weighted by Crippen LogP contribution is 2.20. The summed E-state index contributed by atoms with van der Waals surface area (Å²) in [6, 6.07) is 6.59. The Morgan fingerprint density at radius 1 is 1.24 bits per heavy atom. The van der Waals surface area contributed by atoms with E-state index in [9.17, 15) is 9.59 Å². The van der Waals surface area contributed by atoms with Crippen LogP contribution in [0.1, 0.15) is 49.0 Å². The molecule has 2 rings (SSSR count). The van der Waals surface area contributed by atoms with E-state index in [1.165, 1.54) is 0 Å². The van der Waals surface area contributed by atoms with Crippen molar-refractivity contribution in [1.29, 1.82) is 0 Å². The molecule has 176 valence electrons. The highest BCUT2D eigenvalue weighted by atomic mass is 16.2. The second kappa shape index (κ2) is 13.0. The van der Waals surface area contributed by atoms with Crippen LogP contribution in [0.5, 0.6) is 0 Å². The first-order valence-corrected chi connectivity index (χ1v) is 11.0. The zero-order chi connectivity index (χ0) is 24.2. The third kappa shape index (κ3) is 8.09. The molecule has 0 spiro atoms. The Kier molecular flexibility index (Phi) is 10.1. The van der Waals surface area contributed by atoms with Crippen LogP contribution in [0.4, 0.5) is 17.5 Å². The third-order valence-corrected chi connectivity index (χ3v) is 4.94. The van der Waals surface area contributed by atoms with Crippen LogP contribution in [-0.4, -0.2) is 55.0 Å². The number of nitrogens with two attached hydrogens (primary N) is 1. The number of unbranched alkanes of at least 4 members (excludes halogenated alkanes) is 1. The van der Waals surface area contributed by atoms with E-state index in [2.05, 4.69) is 44.7 Å². The van der Waals surface area contributed by atoms with Crippen molar-refractivity contribution in [3.05, 3.63) is 41.6 Å². The zero-order valence-electron chi connectivity index (χ0n) is 19.7. The number of likely N-dealkylation sites (N-methyl/N-ethyl adjacent to an activating group) is 1. The van der Waals surface area contributed by atoms with Crippen molar-refractivity contribution >= 4 is 29.3 Å². The van der Waals surface area contributed by atoms with E-state index in [1.807, 2.05) is 18.9 Å². The summed E-state index contributed by atoms with van der Waals surface area (Å²) in [5, 5.41) is 8.94. The standard InChI is InChI=1S/C24H33N7O2/c1-5-15-31(4)22-19(9-7-6-8-14-27-23(33)17(2)26-3)16-28-24(30-22)29-20-12-10-18(11-13-20)21(25)32/h10-13,16-17,26H,5-6,8,14-15H2,1-4H3,(H2,25,32)(H,27,33)(H,28,29,30)/t17-/m0/s1. The Bertz CT molecular complexity index is 996. The molecular formula is C24H33N7O2. The molecule has 0 fully saturated rings. The summed E-state index contributed by atoms with van der Waals surface area (Å²) >= 11 is 0.